The van der Waals surface area contributed by atoms with Gasteiger partial charge >= 0.3 is 0 Å². The van der Waals surface area contributed by atoms with E-state index in [0.29, 0.717) is 6.04 Å². The Morgan fingerprint density at radius 1 is 1.70 bits per heavy atom. The van der Waals surface area contributed by atoms with Gasteiger partial charge in [-0.05, 0) is 13.0 Å². The highest BCUT2D eigenvalue weighted by molar-refractivity contribution is 5.01. The van der Waals surface area contributed by atoms with Crippen molar-refractivity contribution in [1.82, 2.24) is 10.6 Å². The average Bonchev–Trinajstić information content (AvgIpc) is 1.94. The summed E-state index contributed by atoms with van der Waals surface area (Å²) in [5.74, 6) is 0.718. The molecule has 1 heterocycles. The molecule has 2 unspecified atom stereocenters. The summed E-state index contributed by atoms with van der Waals surface area (Å²) in [6.45, 7) is 7.21. The van der Waals surface area contributed by atoms with E-state index in [1.807, 2.05) is 7.05 Å². The summed E-state index contributed by atoms with van der Waals surface area (Å²) in [6, 6.07) is 0.619. The molecule has 0 aromatic rings. The van der Waals surface area contributed by atoms with Crippen LogP contribution < -0.4 is 10.6 Å². The van der Waals surface area contributed by atoms with Crippen LogP contribution in [0.2, 0.25) is 0 Å². The van der Waals surface area contributed by atoms with Gasteiger partial charge in [-0.2, -0.15) is 0 Å². The van der Waals surface area contributed by atoms with Crippen LogP contribution in [0.5, 0.6) is 0 Å². The van der Waals surface area contributed by atoms with Gasteiger partial charge in [-0.1, -0.05) is 13.5 Å². The van der Waals surface area contributed by atoms with E-state index in [1.54, 1.807) is 0 Å². The molecule has 2 atom stereocenters. The van der Waals surface area contributed by atoms with Crippen molar-refractivity contribution >= 4 is 0 Å². The molecule has 1 fully saturated rings. The summed E-state index contributed by atoms with van der Waals surface area (Å²) >= 11 is 0. The minimum Gasteiger partial charge on any atom is -0.388 e. The number of hydrogen-bond acceptors (Lipinski definition) is 2. The Morgan fingerprint density at radius 3 is 2.90 bits per heavy atom. The predicted octanol–water partition coefficient (Wildman–Crippen LogP) is 0.717. The third-order valence-electron chi connectivity index (χ3n) is 2.20. The minimum absolute atomic E-state index is 0.619. The van der Waals surface area contributed by atoms with Crippen LogP contribution in [-0.4, -0.2) is 19.6 Å². The molecular weight excluding hydrogens is 124 g/mol. The molecule has 0 aliphatic carbocycles. The van der Waals surface area contributed by atoms with E-state index in [1.165, 1.54) is 0 Å². The van der Waals surface area contributed by atoms with Crippen molar-refractivity contribution in [2.75, 3.05) is 13.6 Å². The zero-order chi connectivity index (χ0) is 7.56. The van der Waals surface area contributed by atoms with Gasteiger partial charge in [0.25, 0.3) is 0 Å². The molecule has 0 saturated carbocycles. The first-order valence-electron chi connectivity index (χ1n) is 3.83. The van der Waals surface area contributed by atoms with Crippen LogP contribution in [0.15, 0.2) is 12.3 Å². The van der Waals surface area contributed by atoms with Gasteiger partial charge in [0.2, 0.25) is 0 Å². The van der Waals surface area contributed by atoms with Crippen LogP contribution in [0.4, 0.5) is 0 Å². The third-order valence-corrected chi connectivity index (χ3v) is 2.20. The highest BCUT2D eigenvalue weighted by Crippen LogP contribution is 2.14. The lowest BCUT2D eigenvalue weighted by molar-refractivity contribution is 0.344. The standard InChI is InChI=1S/C8H16N2/c1-6-5-10-7(2)4-8(6)9-3/h6,8-10H,2,4-5H2,1,3H3. The molecule has 0 aromatic heterocycles. The van der Waals surface area contributed by atoms with Gasteiger partial charge in [-0.3, -0.25) is 0 Å². The first-order chi connectivity index (χ1) is 4.74. The fourth-order valence-corrected chi connectivity index (χ4v) is 1.37. The maximum atomic E-state index is 3.90. The summed E-state index contributed by atoms with van der Waals surface area (Å²) in [4.78, 5) is 0. The molecule has 0 bridgehead atoms. The summed E-state index contributed by atoms with van der Waals surface area (Å²) in [5, 5.41) is 6.54. The lowest BCUT2D eigenvalue weighted by atomic mass is 9.94. The zero-order valence-electron chi connectivity index (χ0n) is 6.78. The maximum absolute atomic E-state index is 3.90. The zero-order valence-corrected chi connectivity index (χ0v) is 6.78. The van der Waals surface area contributed by atoms with Crippen LogP contribution in [0.25, 0.3) is 0 Å². The van der Waals surface area contributed by atoms with E-state index in [-0.39, 0.29) is 0 Å². The van der Waals surface area contributed by atoms with Crippen LogP contribution in [-0.2, 0) is 0 Å². The highest BCUT2D eigenvalue weighted by Gasteiger charge is 2.20. The summed E-state index contributed by atoms with van der Waals surface area (Å²) in [5.41, 5.74) is 1.16. The highest BCUT2D eigenvalue weighted by atomic mass is 15.0. The molecule has 2 N–H and O–H groups in total. The summed E-state index contributed by atoms with van der Waals surface area (Å²) in [6.07, 6.45) is 1.07. The largest absolute Gasteiger partial charge is 0.388 e. The van der Waals surface area contributed by atoms with Gasteiger partial charge in [0.15, 0.2) is 0 Å². The van der Waals surface area contributed by atoms with E-state index in [9.17, 15) is 0 Å². The van der Waals surface area contributed by atoms with Gasteiger partial charge in [0.1, 0.15) is 0 Å². The molecule has 0 aromatic carbocycles. The smallest absolute Gasteiger partial charge is 0.0184 e. The molecule has 1 saturated heterocycles. The van der Waals surface area contributed by atoms with E-state index in [2.05, 4.69) is 24.1 Å². The van der Waals surface area contributed by atoms with Crippen molar-refractivity contribution in [2.45, 2.75) is 19.4 Å². The summed E-state index contributed by atoms with van der Waals surface area (Å²) in [7, 11) is 2.01. The van der Waals surface area contributed by atoms with Crippen molar-refractivity contribution in [3.8, 4) is 0 Å². The average molecular weight is 140 g/mol. The normalized spacial score (nSPS) is 33.6. The third kappa shape index (κ3) is 1.51. The lowest BCUT2D eigenvalue weighted by Crippen LogP contribution is -2.43. The second-order valence-electron chi connectivity index (χ2n) is 3.06. The Kier molecular flexibility index (Phi) is 2.33. The van der Waals surface area contributed by atoms with Crippen LogP contribution in [0.3, 0.4) is 0 Å². The molecule has 0 radical (unpaired) electrons. The van der Waals surface area contributed by atoms with Crippen LogP contribution in [0.1, 0.15) is 13.3 Å². The number of hydrogen-bond donors (Lipinski definition) is 2. The van der Waals surface area contributed by atoms with Gasteiger partial charge in [-0.25, -0.2) is 0 Å². The molecule has 2 heteroatoms. The molecule has 1 rings (SSSR count). The lowest BCUT2D eigenvalue weighted by Gasteiger charge is -2.30. The molecule has 1 aliphatic heterocycles. The molecule has 2 nitrogen and oxygen atoms in total. The monoisotopic (exact) mass is 140 g/mol. The van der Waals surface area contributed by atoms with Crippen molar-refractivity contribution in [1.29, 1.82) is 0 Å². The maximum Gasteiger partial charge on any atom is 0.0184 e. The molecule has 58 valence electrons. The Balaban J connectivity index is 2.45. The Labute approximate surface area is 62.7 Å². The fraction of sp³-hybridized carbons (Fsp3) is 0.750. The summed E-state index contributed by atoms with van der Waals surface area (Å²) < 4.78 is 0. The molecule has 0 spiro atoms. The van der Waals surface area contributed by atoms with Crippen molar-refractivity contribution in [3.05, 3.63) is 12.3 Å². The second kappa shape index (κ2) is 3.06. The van der Waals surface area contributed by atoms with Crippen molar-refractivity contribution in [3.63, 3.8) is 0 Å². The fourth-order valence-electron chi connectivity index (χ4n) is 1.37. The minimum atomic E-state index is 0.619. The number of nitrogens with one attached hydrogen (secondary N) is 2. The molecule has 10 heavy (non-hydrogen) atoms. The van der Waals surface area contributed by atoms with Crippen molar-refractivity contribution in [2.24, 2.45) is 5.92 Å². The Hall–Kier alpha value is -0.500. The molecule has 1 aliphatic rings. The van der Waals surface area contributed by atoms with E-state index in [0.717, 1.165) is 24.6 Å². The van der Waals surface area contributed by atoms with E-state index in [4.69, 9.17) is 0 Å². The van der Waals surface area contributed by atoms with E-state index >= 15 is 0 Å². The van der Waals surface area contributed by atoms with Gasteiger partial charge in [0.05, 0.1) is 0 Å². The first kappa shape index (κ1) is 7.61. The Bertz CT molecular complexity index is 131. The predicted molar refractivity (Wildman–Crippen MR) is 43.8 cm³/mol. The van der Waals surface area contributed by atoms with Crippen LogP contribution in [0, 0.1) is 5.92 Å². The van der Waals surface area contributed by atoms with Gasteiger partial charge in [0, 0.05) is 24.7 Å². The molecule has 0 amide bonds. The van der Waals surface area contributed by atoms with Gasteiger partial charge in [-0.15, -0.1) is 0 Å². The first-order valence-corrected chi connectivity index (χ1v) is 3.83. The Morgan fingerprint density at radius 2 is 2.40 bits per heavy atom. The van der Waals surface area contributed by atoms with Crippen LogP contribution >= 0.6 is 0 Å². The van der Waals surface area contributed by atoms with Gasteiger partial charge < -0.3 is 10.6 Å². The topological polar surface area (TPSA) is 24.1 Å². The number of rotatable bonds is 1. The van der Waals surface area contributed by atoms with Crippen molar-refractivity contribution < 1.29 is 0 Å². The number of piperidine rings is 1. The quantitative estimate of drug-likeness (QED) is 0.560. The second-order valence-corrected chi connectivity index (χ2v) is 3.06. The van der Waals surface area contributed by atoms with E-state index < -0.39 is 0 Å². The SMILES string of the molecule is C=C1CC(NC)C(C)CN1. The molecular formula is C8H16N2.